The lowest BCUT2D eigenvalue weighted by Gasteiger charge is -2.15. The quantitative estimate of drug-likeness (QED) is 0.741. The molecule has 1 aromatic heterocycles. The van der Waals surface area contributed by atoms with Crippen LogP contribution in [-0.4, -0.2) is 27.6 Å². The molecule has 3 aromatic rings. The Morgan fingerprint density at radius 2 is 1.65 bits per heavy atom. The zero-order chi connectivity index (χ0) is 16.2. The van der Waals surface area contributed by atoms with E-state index >= 15 is 0 Å². The van der Waals surface area contributed by atoms with Gasteiger partial charge in [0.15, 0.2) is 5.69 Å². The van der Waals surface area contributed by atoms with Crippen LogP contribution in [0.2, 0.25) is 0 Å². The van der Waals surface area contributed by atoms with Gasteiger partial charge in [-0.15, -0.1) is 0 Å². The van der Waals surface area contributed by atoms with Gasteiger partial charge < -0.3 is 4.90 Å². The van der Waals surface area contributed by atoms with Gasteiger partial charge in [-0.1, -0.05) is 60.7 Å². The Kier molecular flexibility index (Phi) is 4.24. The lowest BCUT2D eigenvalue weighted by molar-refractivity contribution is 0.0778. The highest BCUT2D eigenvalue weighted by Crippen LogP contribution is 2.20. The van der Waals surface area contributed by atoms with Gasteiger partial charge in [-0.05, 0) is 17.2 Å². The third-order valence-corrected chi connectivity index (χ3v) is 3.78. The Labute approximate surface area is 136 Å². The zero-order valence-corrected chi connectivity index (χ0v) is 13.3. The number of hydrogen-bond donors (Lipinski definition) is 0. The van der Waals surface area contributed by atoms with Crippen LogP contribution in [0.3, 0.4) is 0 Å². The highest BCUT2D eigenvalue weighted by Gasteiger charge is 2.17. The second-order valence-electron chi connectivity index (χ2n) is 5.55. The molecule has 0 bridgehead atoms. The van der Waals surface area contributed by atoms with E-state index in [1.165, 1.54) is 0 Å². The summed E-state index contributed by atoms with van der Waals surface area (Å²) in [6, 6.07) is 21.7. The fraction of sp³-hybridized carbons (Fsp3) is 0.158. The maximum absolute atomic E-state index is 12.6. The molecule has 4 heteroatoms. The van der Waals surface area contributed by atoms with Crippen molar-refractivity contribution in [3.63, 3.8) is 0 Å². The van der Waals surface area contributed by atoms with Crippen LogP contribution in [0, 0.1) is 0 Å². The molecule has 23 heavy (non-hydrogen) atoms. The number of carbonyl (C=O) groups excluding carboxylic acids is 1. The third kappa shape index (κ3) is 3.31. The van der Waals surface area contributed by atoms with Crippen LogP contribution < -0.4 is 0 Å². The lowest BCUT2D eigenvalue weighted by Crippen LogP contribution is -2.26. The van der Waals surface area contributed by atoms with Gasteiger partial charge in [0.05, 0.1) is 5.69 Å². The van der Waals surface area contributed by atoms with E-state index in [9.17, 15) is 4.79 Å². The minimum Gasteiger partial charge on any atom is -0.336 e. The average Bonchev–Trinajstić information content (AvgIpc) is 2.97. The molecule has 0 spiro atoms. The second kappa shape index (κ2) is 6.48. The molecule has 0 N–H and O–H groups in total. The van der Waals surface area contributed by atoms with Gasteiger partial charge in [-0.25, -0.2) is 0 Å². The number of aryl methyl sites for hydroxylation is 1. The van der Waals surface area contributed by atoms with Crippen molar-refractivity contribution in [2.24, 2.45) is 7.05 Å². The summed E-state index contributed by atoms with van der Waals surface area (Å²) in [6.07, 6.45) is 0. The molecule has 0 atom stereocenters. The number of carbonyl (C=O) groups is 1. The number of rotatable bonds is 4. The number of amides is 1. The summed E-state index contributed by atoms with van der Waals surface area (Å²) in [5.41, 5.74) is 3.54. The van der Waals surface area contributed by atoms with Crippen molar-refractivity contribution in [3.05, 3.63) is 78.0 Å². The molecule has 0 saturated heterocycles. The maximum Gasteiger partial charge on any atom is 0.274 e. The van der Waals surface area contributed by atoms with Crippen molar-refractivity contribution in [1.29, 1.82) is 0 Å². The highest BCUT2D eigenvalue weighted by molar-refractivity contribution is 5.93. The topological polar surface area (TPSA) is 38.1 Å². The Hall–Kier alpha value is -2.88. The van der Waals surface area contributed by atoms with Crippen LogP contribution in [-0.2, 0) is 13.6 Å². The van der Waals surface area contributed by atoms with Crippen LogP contribution in [0.15, 0.2) is 66.7 Å². The summed E-state index contributed by atoms with van der Waals surface area (Å²) in [5.74, 6) is -0.0772. The van der Waals surface area contributed by atoms with Gasteiger partial charge in [0.1, 0.15) is 0 Å². The molecule has 116 valence electrons. The van der Waals surface area contributed by atoms with Crippen molar-refractivity contribution >= 4 is 5.91 Å². The van der Waals surface area contributed by atoms with Crippen molar-refractivity contribution in [3.8, 4) is 11.3 Å². The molecular formula is C19H19N3O. The highest BCUT2D eigenvalue weighted by atomic mass is 16.2. The number of hydrogen-bond acceptors (Lipinski definition) is 2. The zero-order valence-electron chi connectivity index (χ0n) is 13.3. The van der Waals surface area contributed by atoms with Gasteiger partial charge in [0.2, 0.25) is 0 Å². The lowest BCUT2D eigenvalue weighted by atomic mass is 10.1. The fourth-order valence-corrected chi connectivity index (χ4v) is 2.58. The molecule has 1 heterocycles. The Morgan fingerprint density at radius 3 is 2.30 bits per heavy atom. The van der Waals surface area contributed by atoms with Crippen LogP contribution in [0.1, 0.15) is 16.1 Å². The van der Waals surface area contributed by atoms with Gasteiger partial charge in [0.25, 0.3) is 5.91 Å². The summed E-state index contributed by atoms with van der Waals surface area (Å²) < 4.78 is 1.75. The predicted octanol–water partition coefficient (Wildman–Crippen LogP) is 3.36. The van der Waals surface area contributed by atoms with Gasteiger partial charge in [-0.2, -0.15) is 5.10 Å². The van der Waals surface area contributed by atoms with Crippen molar-refractivity contribution in [1.82, 2.24) is 14.7 Å². The first-order valence-corrected chi connectivity index (χ1v) is 7.54. The minimum atomic E-state index is -0.0772. The first-order chi connectivity index (χ1) is 11.1. The van der Waals surface area contributed by atoms with Crippen molar-refractivity contribution in [2.45, 2.75) is 6.54 Å². The molecule has 0 unspecified atom stereocenters. The van der Waals surface area contributed by atoms with E-state index in [2.05, 4.69) is 5.10 Å². The molecule has 0 aliphatic rings. The van der Waals surface area contributed by atoms with Crippen LogP contribution in [0.5, 0.6) is 0 Å². The maximum atomic E-state index is 12.6. The van der Waals surface area contributed by atoms with E-state index in [-0.39, 0.29) is 5.91 Å². The monoisotopic (exact) mass is 305 g/mol. The first kappa shape index (κ1) is 15.0. The number of aromatic nitrogens is 2. The van der Waals surface area contributed by atoms with Crippen LogP contribution in [0.25, 0.3) is 11.3 Å². The fourth-order valence-electron chi connectivity index (χ4n) is 2.58. The number of nitrogens with zero attached hydrogens (tertiary/aromatic N) is 3. The molecule has 1 amide bonds. The molecular weight excluding hydrogens is 286 g/mol. The molecule has 0 aliphatic heterocycles. The van der Waals surface area contributed by atoms with E-state index in [4.69, 9.17) is 0 Å². The van der Waals surface area contributed by atoms with Crippen molar-refractivity contribution in [2.75, 3.05) is 7.05 Å². The van der Waals surface area contributed by atoms with E-state index in [1.807, 2.05) is 73.8 Å². The Balaban J connectivity index is 1.80. The minimum absolute atomic E-state index is 0.0772. The van der Waals surface area contributed by atoms with Crippen molar-refractivity contribution < 1.29 is 4.79 Å². The second-order valence-corrected chi connectivity index (χ2v) is 5.55. The third-order valence-electron chi connectivity index (χ3n) is 3.78. The standard InChI is InChI=1S/C19H19N3O/c1-21(14-15-9-5-3-6-10-15)19(23)17-13-18(22(2)20-17)16-11-7-4-8-12-16/h3-13H,14H2,1-2H3. The smallest absolute Gasteiger partial charge is 0.274 e. The Morgan fingerprint density at radius 1 is 1.04 bits per heavy atom. The molecule has 0 aliphatic carbocycles. The summed E-state index contributed by atoms with van der Waals surface area (Å²) >= 11 is 0. The van der Waals surface area contributed by atoms with E-state index < -0.39 is 0 Å². The normalized spacial score (nSPS) is 10.5. The predicted molar refractivity (Wildman–Crippen MR) is 90.9 cm³/mol. The summed E-state index contributed by atoms with van der Waals surface area (Å²) in [7, 11) is 3.66. The molecule has 3 rings (SSSR count). The van der Waals surface area contributed by atoms with Crippen LogP contribution in [0.4, 0.5) is 0 Å². The summed E-state index contributed by atoms with van der Waals surface area (Å²) in [5, 5.41) is 4.38. The van der Waals surface area contributed by atoms with E-state index in [1.54, 1.807) is 16.6 Å². The molecule has 4 nitrogen and oxygen atoms in total. The van der Waals surface area contributed by atoms with Crippen LogP contribution >= 0.6 is 0 Å². The van der Waals surface area contributed by atoms with Gasteiger partial charge >= 0.3 is 0 Å². The SMILES string of the molecule is CN(Cc1ccccc1)C(=O)c1cc(-c2ccccc2)n(C)n1. The average molecular weight is 305 g/mol. The molecule has 0 radical (unpaired) electrons. The largest absolute Gasteiger partial charge is 0.336 e. The summed E-state index contributed by atoms with van der Waals surface area (Å²) in [4.78, 5) is 14.3. The Bertz CT molecular complexity index is 794. The van der Waals surface area contributed by atoms with E-state index in [0.29, 0.717) is 12.2 Å². The van der Waals surface area contributed by atoms with Gasteiger partial charge in [0, 0.05) is 20.6 Å². The van der Waals surface area contributed by atoms with E-state index in [0.717, 1.165) is 16.8 Å². The number of benzene rings is 2. The first-order valence-electron chi connectivity index (χ1n) is 7.54. The molecule has 2 aromatic carbocycles. The molecule has 0 saturated carbocycles. The summed E-state index contributed by atoms with van der Waals surface area (Å²) in [6.45, 7) is 0.566. The van der Waals surface area contributed by atoms with Gasteiger partial charge in [-0.3, -0.25) is 9.48 Å². The molecule has 0 fully saturated rings.